The van der Waals surface area contributed by atoms with Crippen molar-refractivity contribution in [1.82, 2.24) is 15.0 Å². The zero-order valence-corrected chi connectivity index (χ0v) is 36.9. The van der Waals surface area contributed by atoms with Crippen LogP contribution in [0.1, 0.15) is 0 Å². The molecule has 5 aromatic carbocycles. The Morgan fingerprint density at radius 2 is 1.12 bits per heavy atom. The fourth-order valence-electron chi connectivity index (χ4n) is 5.69. The predicted octanol–water partition coefficient (Wildman–Crippen LogP) is 2.57. The molecule has 6 aromatic rings. The minimum atomic E-state index is -5.37. The highest BCUT2D eigenvalue weighted by atomic mass is 35.5. The van der Waals surface area contributed by atoms with Crippen LogP contribution in [0.15, 0.2) is 111 Å². The van der Waals surface area contributed by atoms with Crippen LogP contribution in [0.5, 0.6) is 11.5 Å². The SMILES string of the molecule is O=S(=O)(O)OCCS(=O)(=O)c1ccc(N=Nc2c(S(=O)(=O)O)cc3cc(S(=O)(=O)O)cc(N=c4[nH]c(Cl)nc(=Nc5cc(S(=O)(=O)O)cc6cc(S(=O)(=O)O)cc(O)c56)[nH]4)c3c2O)cc1. The van der Waals surface area contributed by atoms with Crippen molar-refractivity contribution in [3.05, 3.63) is 83.2 Å². The summed E-state index contributed by atoms with van der Waals surface area (Å²) in [7, 11) is -29.7. The third kappa shape index (κ3) is 11.4. The summed E-state index contributed by atoms with van der Waals surface area (Å²) in [6.07, 6.45) is 0. The van der Waals surface area contributed by atoms with E-state index in [0.29, 0.717) is 30.3 Å². The average molecular weight is 1040 g/mol. The fourth-order valence-corrected chi connectivity index (χ4v) is 9.62. The summed E-state index contributed by atoms with van der Waals surface area (Å²) in [6.45, 7) is -0.940. The zero-order valence-electron chi connectivity index (χ0n) is 31.3. The van der Waals surface area contributed by atoms with E-state index in [1.807, 2.05) is 0 Å². The van der Waals surface area contributed by atoms with Crippen molar-refractivity contribution in [2.45, 2.75) is 24.5 Å². The first-order chi connectivity index (χ1) is 29.8. The fraction of sp³-hybridized carbons (Fsp3) is 0.0645. The van der Waals surface area contributed by atoms with Gasteiger partial charge in [-0.05, 0) is 83.0 Å². The minimum Gasteiger partial charge on any atom is -0.507 e. The number of phenolic OH excluding ortho intramolecular Hbond substituents is 2. The van der Waals surface area contributed by atoms with Crippen LogP contribution < -0.4 is 11.2 Å². The molecule has 27 nitrogen and oxygen atoms in total. The molecule has 1 heterocycles. The van der Waals surface area contributed by atoms with Gasteiger partial charge >= 0.3 is 10.4 Å². The number of nitrogens with one attached hydrogen (secondary N) is 2. The monoisotopic (exact) mass is 1040 g/mol. The second-order valence-electron chi connectivity index (χ2n) is 12.8. The summed E-state index contributed by atoms with van der Waals surface area (Å²) in [5, 5.41) is 27.3. The third-order valence-electron chi connectivity index (χ3n) is 8.39. The highest BCUT2D eigenvalue weighted by Gasteiger charge is 2.26. The maximum atomic E-state index is 12.6. The van der Waals surface area contributed by atoms with E-state index in [1.165, 1.54) is 0 Å². The first-order valence-corrected chi connectivity index (χ1v) is 25.8. The highest BCUT2D eigenvalue weighted by Crippen LogP contribution is 2.46. The van der Waals surface area contributed by atoms with Crippen LogP contribution in [-0.2, 0) is 64.9 Å². The quantitative estimate of drug-likeness (QED) is 0.0593. The van der Waals surface area contributed by atoms with Crippen LogP contribution in [0, 0.1) is 0 Å². The number of fused-ring (bicyclic) bond motifs is 2. The molecule has 1 aromatic heterocycles. The Morgan fingerprint density at radius 3 is 1.65 bits per heavy atom. The van der Waals surface area contributed by atoms with Gasteiger partial charge in [0.05, 0.1) is 54.4 Å². The second-order valence-corrected chi connectivity index (χ2v) is 22.0. The molecule has 0 radical (unpaired) electrons. The molecule has 6 rings (SSSR count). The normalized spacial score (nSPS) is 13.9. The van der Waals surface area contributed by atoms with Crippen LogP contribution in [-0.4, -0.2) is 111 Å². The average Bonchev–Trinajstić information content (AvgIpc) is 3.15. The Balaban J connectivity index is 1.55. The molecule has 0 atom stereocenters. The van der Waals surface area contributed by atoms with Crippen LogP contribution in [0.3, 0.4) is 0 Å². The van der Waals surface area contributed by atoms with Gasteiger partial charge in [-0.1, -0.05) is 0 Å². The van der Waals surface area contributed by atoms with Gasteiger partial charge in [0.2, 0.25) is 16.5 Å². The van der Waals surface area contributed by atoms with E-state index in [1.54, 1.807) is 0 Å². The van der Waals surface area contributed by atoms with Crippen molar-refractivity contribution in [3.8, 4) is 11.5 Å². The van der Waals surface area contributed by atoms with Gasteiger partial charge in [0.25, 0.3) is 40.5 Å². The lowest BCUT2D eigenvalue weighted by atomic mass is 10.1. The maximum Gasteiger partial charge on any atom is 0.397 e. The highest BCUT2D eigenvalue weighted by molar-refractivity contribution is 7.91. The molecule has 65 heavy (non-hydrogen) atoms. The van der Waals surface area contributed by atoms with E-state index in [-0.39, 0.29) is 11.1 Å². The molecule has 0 aliphatic rings. The molecule has 0 aliphatic carbocycles. The first kappa shape index (κ1) is 48.6. The van der Waals surface area contributed by atoms with Gasteiger partial charge in [0.1, 0.15) is 16.3 Å². The van der Waals surface area contributed by atoms with Crippen LogP contribution in [0.4, 0.5) is 22.7 Å². The molecular weight excluding hydrogens is 1020 g/mol. The van der Waals surface area contributed by atoms with Gasteiger partial charge in [-0.3, -0.25) is 27.7 Å². The number of aromatic hydroxyl groups is 2. The number of rotatable bonds is 13. The lowest BCUT2D eigenvalue weighted by molar-refractivity contribution is 0.284. The number of H-pyrrole nitrogens is 2. The Hall–Kier alpha value is -5.82. The van der Waals surface area contributed by atoms with Crippen molar-refractivity contribution < 1.29 is 87.7 Å². The number of hydrogen-bond donors (Lipinski definition) is 9. The molecule has 9 N–H and O–H groups in total. The number of azo groups is 1. The summed E-state index contributed by atoms with van der Waals surface area (Å²) in [5.74, 6) is -2.92. The number of sulfone groups is 1. The number of hydrogen-bond acceptors (Lipinski definition) is 20. The van der Waals surface area contributed by atoms with Crippen molar-refractivity contribution in [1.29, 1.82) is 0 Å². The number of phenols is 2. The van der Waals surface area contributed by atoms with E-state index in [9.17, 15) is 78.9 Å². The van der Waals surface area contributed by atoms with Crippen molar-refractivity contribution >= 4 is 117 Å². The van der Waals surface area contributed by atoms with Crippen LogP contribution in [0.25, 0.3) is 21.5 Å². The summed E-state index contributed by atoms with van der Waals surface area (Å²) < 4.78 is 196. The minimum absolute atomic E-state index is 0.209. The molecular formula is C31H24ClN7O20S6. The van der Waals surface area contributed by atoms with Gasteiger partial charge in [0, 0.05) is 11.5 Å². The number of benzene rings is 5. The maximum absolute atomic E-state index is 12.6. The summed E-state index contributed by atoms with van der Waals surface area (Å²) >= 11 is 6.17. The van der Waals surface area contributed by atoms with E-state index in [2.05, 4.69) is 39.3 Å². The second kappa shape index (κ2) is 17.2. The number of halogens is 1. The van der Waals surface area contributed by atoms with Gasteiger partial charge in [-0.15, -0.1) is 5.11 Å². The van der Waals surface area contributed by atoms with Crippen molar-refractivity contribution in [2.24, 2.45) is 20.2 Å². The molecule has 0 unspecified atom stereocenters. The van der Waals surface area contributed by atoms with Crippen molar-refractivity contribution in [3.63, 3.8) is 0 Å². The Labute approximate surface area is 369 Å². The largest absolute Gasteiger partial charge is 0.507 e. The van der Waals surface area contributed by atoms with Gasteiger partial charge in [-0.2, -0.15) is 52.2 Å². The van der Waals surface area contributed by atoms with Gasteiger partial charge in [-0.25, -0.2) is 22.6 Å². The number of aromatic amines is 2. The topological polar surface area (TPSA) is 450 Å². The van der Waals surface area contributed by atoms with E-state index in [0.717, 1.165) is 36.4 Å². The standard InChI is InChI=1S/C31H24ClN7O20S6/c32-29-35-30(33-21-11-18(61(44,45)46)7-14-8-20(63(50,51)52)13-23(40)25(14)21)37-31(36-29)34-22-12-19(62(47,48)49)9-15-10-24(64(53,54)55)27(28(41)26(15)22)39-38-16-1-3-17(4-2-16)60(42,43)6-5-59-65(56,57)58/h1-4,7-13,40-41H,5-6H2,(H,44,45,46)(H,47,48,49)(H,50,51,52)(H,53,54,55)(H,56,57,58)(H2,33,34,35,36,37). The molecule has 0 saturated heterocycles. The molecule has 34 heteroatoms. The lowest BCUT2D eigenvalue weighted by Crippen LogP contribution is -2.26. The third-order valence-corrected chi connectivity index (χ3v) is 14.1. The van der Waals surface area contributed by atoms with E-state index in [4.69, 9.17) is 16.2 Å². The van der Waals surface area contributed by atoms with E-state index >= 15 is 0 Å². The summed E-state index contributed by atoms with van der Waals surface area (Å²) in [5.41, 5.74) is -3.57. The Morgan fingerprint density at radius 1 is 0.600 bits per heavy atom. The summed E-state index contributed by atoms with van der Waals surface area (Å²) in [6, 6.07) is 8.73. The predicted molar refractivity (Wildman–Crippen MR) is 219 cm³/mol. The number of aromatic nitrogens is 3. The molecule has 0 fully saturated rings. The Bertz CT molecular complexity index is 3870. The molecule has 346 valence electrons. The van der Waals surface area contributed by atoms with Gasteiger partial charge < -0.3 is 15.2 Å². The van der Waals surface area contributed by atoms with Crippen LogP contribution in [0.2, 0.25) is 5.28 Å². The van der Waals surface area contributed by atoms with Gasteiger partial charge in [0.15, 0.2) is 15.6 Å². The molecule has 0 saturated carbocycles. The van der Waals surface area contributed by atoms with Crippen molar-refractivity contribution in [2.75, 3.05) is 12.4 Å². The molecule has 0 amide bonds. The molecule has 0 spiro atoms. The summed E-state index contributed by atoms with van der Waals surface area (Å²) in [4.78, 5) is 12.7. The number of nitrogens with zero attached hydrogens (tertiary/aromatic N) is 5. The first-order valence-electron chi connectivity index (χ1n) is 16.7. The van der Waals surface area contributed by atoms with E-state index < -0.39 is 159 Å². The molecule has 0 bridgehead atoms. The van der Waals surface area contributed by atoms with Crippen LogP contribution >= 0.6 is 11.6 Å². The smallest absolute Gasteiger partial charge is 0.397 e. The Kier molecular flexibility index (Phi) is 12.9. The zero-order chi connectivity index (χ0) is 48.2. The lowest BCUT2D eigenvalue weighted by Gasteiger charge is -2.12. The molecule has 0 aliphatic heterocycles.